The minimum absolute atomic E-state index is 0.187. The lowest BCUT2D eigenvalue weighted by atomic mass is 10.2. The molecular formula is C10H12O6. The topological polar surface area (TPSA) is 71.1 Å². The molecule has 0 N–H and O–H groups in total. The molecule has 0 aromatic carbocycles. The van der Waals surface area contributed by atoms with Crippen LogP contribution in [0.4, 0.5) is 0 Å². The van der Waals surface area contributed by atoms with Crippen LogP contribution in [0.2, 0.25) is 0 Å². The molecule has 0 saturated carbocycles. The van der Waals surface area contributed by atoms with Gasteiger partial charge in [0.05, 0.1) is 13.0 Å². The van der Waals surface area contributed by atoms with Gasteiger partial charge in [-0.25, -0.2) is 14.5 Å². The fourth-order valence-corrected chi connectivity index (χ4v) is 1.07. The predicted octanol–water partition coefficient (Wildman–Crippen LogP) is 0.841. The Balaban J connectivity index is 2.73. The van der Waals surface area contributed by atoms with Crippen molar-refractivity contribution < 1.29 is 28.8 Å². The number of ether oxygens (including phenoxy) is 2. The van der Waals surface area contributed by atoms with E-state index < -0.39 is 17.9 Å². The lowest BCUT2D eigenvalue weighted by Gasteiger charge is -2.32. The van der Waals surface area contributed by atoms with Crippen molar-refractivity contribution in [3.8, 4) is 0 Å². The fourth-order valence-electron chi connectivity index (χ4n) is 1.07. The zero-order valence-electron chi connectivity index (χ0n) is 8.64. The van der Waals surface area contributed by atoms with Crippen molar-refractivity contribution in [3.63, 3.8) is 0 Å². The standard InChI is InChI=1S/C10H12O6/c1-3-8(11)14-10(15-9(12)4-2)6-5-7-13-16-10/h3-4H,1-2,5-7H2. The summed E-state index contributed by atoms with van der Waals surface area (Å²) in [5.41, 5.74) is 0. The number of hydrogen-bond donors (Lipinski definition) is 0. The van der Waals surface area contributed by atoms with Crippen molar-refractivity contribution in [3.05, 3.63) is 25.3 Å². The monoisotopic (exact) mass is 228 g/mol. The zero-order chi connectivity index (χ0) is 12.0. The van der Waals surface area contributed by atoms with Crippen LogP contribution in [0.1, 0.15) is 12.8 Å². The van der Waals surface area contributed by atoms with Gasteiger partial charge in [0.1, 0.15) is 0 Å². The third kappa shape index (κ3) is 3.18. The summed E-state index contributed by atoms with van der Waals surface area (Å²) in [7, 11) is 0. The van der Waals surface area contributed by atoms with Crippen LogP contribution >= 0.6 is 0 Å². The molecule has 16 heavy (non-hydrogen) atoms. The molecule has 6 heteroatoms. The second-order valence-corrected chi connectivity index (χ2v) is 2.94. The molecule has 6 nitrogen and oxygen atoms in total. The zero-order valence-corrected chi connectivity index (χ0v) is 8.64. The Bertz CT molecular complexity index is 278. The van der Waals surface area contributed by atoms with Crippen molar-refractivity contribution >= 4 is 11.9 Å². The van der Waals surface area contributed by atoms with Gasteiger partial charge in [-0.3, -0.25) is 0 Å². The third-order valence-corrected chi connectivity index (χ3v) is 1.74. The normalized spacial score (nSPS) is 18.2. The second-order valence-electron chi connectivity index (χ2n) is 2.94. The van der Waals surface area contributed by atoms with Crippen molar-refractivity contribution in [2.75, 3.05) is 6.61 Å². The summed E-state index contributed by atoms with van der Waals surface area (Å²) in [4.78, 5) is 31.5. The summed E-state index contributed by atoms with van der Waals surface area (Å²) in [6, 6.07) is 0. The highest BCUT2D eigenvalue weighted by Crippen LogP contribution is 2.27. The van der Waals surface area contributed by atoms with Gasteiger partial charge in [-0.2, -0.15) is 0 Å². The first-order valence-electron chi connectivity index (χ1n) is 4.63. The van der Waals surface area contributed by atoms with Gasteiger partial charge in [0.25, 0.3) is 0 Å². The molecule has 1 heterocycles. The highest BCUT2D eigenvalue weighted by atomic mass is 17.3. The first-order chi connectivity index (χ1) is 7.62. The molecule has 1 rings (SSSR count). The van der Waals surface area contributed by atoms with E-state index in [0.29, 0.717) is 13.0 Å². The van der Waals surface area contributed by atoms with Crippen LogP contribution in [0.15, 0.2) is 25.3 Å². The van der Waals surface area contributed by atoms with Crippen molar-refractivity contribution in [2.24, 2.45) is 0 Å². The summed E-state index contributed by atoms with van der Waals surface area (Å²) in [5.74, 6) is -3.39. The lowest BCUT2D eigenvalue weighted by molar-refractivity contribution is -0.501. The van der Waals surface area contributed by atoms with E-state index in [1.165, 1.54) is 0 Å². The summed E-state index contributed by atoms with van der Waals surface area (Å²) < 4.78 is 9.61. The highest BCUT2D eigenvalue weighted by molar-refractivity contribution is 5.83. The Morgan fingerprint density at radius 3 is 2.12 bits per heavy atom. The van der Waals surface area contributed by atoms with Crippen LogP contribution in [0.3, 0.4) is 0 Å². The number of hydrogen-bond acceptors (Lipinski definition) is 6. The summed E-state index contributed by atoms with van der Waals surface area (Å²) in [6.45, 7) is 6.78. The van der Waals surface area contributed by atoms with E-state index in [4.69, 9.17) is 14.4 Å². The summed E-state index contributed by atoms with van der Waals surface area (Å²) in [6.07, 6.45) is 2.57. The molecule has 0 aromatic rings. The van der Waals surface area contributed by atoms with Gasteiger partial charge in [-0.15, -0.1) is 4.89 Å². The Hall–Kier alpha value is -1.66. The summed E-state index contributed by atoms with van der Waals surface area (Å²) >= 11 is 0. The van der Waals surface area contributed by atoms with Crippen LogP contribution in [-0.2, 0) is 28.8 Å². The molecule has 0 spiro atoms. The van der Waals surface area contributed by atoms with Crippen LogP contribution in [-0.4, -0.2) is 24.5 Å². The van der Waals surface area contributed by atoms with E-state index >= 15 is 0 Å². The highest BCUT2D eigenvalue weighted by Gasteiger charge is 2.43. The molecule has 0 atom stereocenters. The molecule has 0 aliphatic carbocycles. The maximum absolute atomic E-state index is 11.1. The SMILES string of the molecule is C=CC(=O)OC1(OC(=O)C=C)CCCOO1. The molecule has 1 fully saturated rings. The first kappa shape index (κ1) is 12.4. The molecule has 0 radical (unpaired) electrons. The minimum Gasteiger partial charge on any atom is -0.393 e. The molecule has 0 amide bonds. The van der Waals surface area contributed by atoms with E-state index in [1.807, 2.05) is 0 Å². The third-order valence-electron chi connectivity index (χ3n) is 1.74. The predicted molar refractivity (Wildman–Crippen MR) is 51.6 cm³/mol. The van der Waals surface area contributed by atoms with Crippen LogP contribution in [0.5, 0.6) is 0 Å². The van der Waals surface area contributed by atoms with Crippen LogP contribution in [0, 0.1) is 0 Å². The molecule has 0 bridgehead atoms. The molecule has 0 unspecified atom stereocenters. The molecule has 1 aliphatic heterocycles. The second kappa shape index (κ2) is 5.43. The average molecular weight is 228 g/mol. The van der Waals surface area contributed by atoms with Crippen molar-refractivity contribution in [1.29, 1.82) is 0 Å². The van der Waals surface area contributed by atoms with Gasteiger partial charge in [0, 0.05) is 12.2 Å². The van der Waals surface area contributed by atoms with E-state index in [-0.39, 0.29) is 6.42 Å². The van der Waals surface area contributed by atoms with Crippen molar-refractivity contribution in [2.45, 2.75) is 18.8 Å². The van der Waals surface area contributed by atoms with Crippen LogP contribution < -0.4 is 0 Å². The van der Waals surface area contributed by atoms with E-state index in [9.17, 15) is 9.59 Å². The average Bonchev–Trinajstić information content (AvgIpc) is 2.29. The van der Waals surface area contributed by atoms with Gasteiger partial charge in [0.2, 0.25) is 0 Å². The molecule has 88 valence electrons. The maximum Gasteiger partial charge on any atom is 0.403 e. The van der Waals surface area contributed by atoms with Gasteiger partial charge >= 0.3 is 17.9 Å². The van der Waals surface area contributed by atoms with Gasteiger partial charge in [-0.05, 0) is 6.42 Å². The van der Waals surface area contributed by atoms with Crippen molar-refractivity contribution in [1.82, 2.24) is 0 Å². The van der Waals surface area contributed by atoms with Gasteiger partial charge < -0.3 is 9.47 Å². The fraction of sp³-hybridized carbons (Fsp3) is 0.400. The number of carbonyl (C=O) groups excluding carboxylic acids is 2. The molecular weight excluding hydrogens is 216 g/mol. The smallest absolute Gasteiger partial charge is 0.393 e. The maximum atomic E-state index is 11.1. The first-order valence-corrected chi connectivity index (χ1v) is 4.63. The quantitative estimate of drug-likeness (QED) is 0.307. The number of carbonyl (C=O) groups is 2. The largest absolute Gasteiger partial charge is 0.403 e. The summed E-state index contributed by atoms with van der Waals surface area (Å²) in [5, 5.41) is 0. The Kier molecular flexibility index (Phi) is 4.21. The van der Waals surface area contributed by atoms with Gasteiger partial charge in [-0.1, -0.05) is 13.2 Å². The van der Waals surface area contributed by atoms with E-state index in [2.05, 4.69) is 18.0 Å². The van der Waals surface area contributed by atoms with Crippen LogP contribution in [0.25, 0.3) is 0 Å². The van der Waals surface area contributed by atoms with E-state index in [1.54, 1.807) is 0 Å². The number of rotatable bonds is 4. The molecule has 1 saturated heterocycles. The molecule has 0 aromatic heterocycles. The Morgan fingerprint density at radius 2 is 1.75 bits per heavy atom. The Morgan fingerprint density at radius 1 is 1.19 bits per heavy atom. The molecule has 1 aliphatic rings. The van der Waals surface area contributed by atoms with Gasteiger partial charge in [0.15, 0.2) is 0 Å². The Labute approximate surface area is 92.3 Å². The van der Waals surface area contributed by atoms with E-state index in [0.717, 1.165) is 12.2 Å². The number of esters is 2. The lowest BCUT2D eigenvalue weighted by Crippen LogP contribution is -2.45. The minimum atomic E-state index is -1.84.